The summed E-state index contributed by atoms with van der Waals surface area (Å²) in [6, 6.07) is 2.76. The molecule has 1 unspecified atom stereocenters. The van der Waals surface area contributed by atoms with Crippen LogP contribution in [0.15, 0.2) is 12.4 Å². The van der Waals surface area contributed by atoms with Gasteiger partial charge in [0.2, 0.25) is 0 Å². The van der Waals surface area contributed by atoms with Crippen molar-refractivity contribution in [3.8, 4) is 0 Å². The summed E-state index contributed by atoms with van der Waals surface area (Å²) >= 11 is 0. The van der Waals surface area contributed by atoms with E-state index in [4.69, 9.17) is 0 Å². The van der Waals surface area contributed by atoms with Crippen LogP contribution in [-0.4, -0.2) is 22.1 Å². The quantitative estimate of drug-likeness (QED) is 0.780. The van der Waals surface area contributed by atoms with Crippen molar-refractivity contribution in [3.05, 3.63) is 12.4 Å². The molecule has 0 fully saturated rings. The highest BCUT2D eigenvalue weighted by Crippen LogP contribution is 2.11. The van der Waals surface area contributed by atoms with Gasteiger partial charge in [-0.2, -0.15) is 0 Å². The minimum atomic E-state index is 0.386. The number of aromatic nitrogens is 2. The number of nitrogens with zero attached hydrogens (tertiary/aromatic N) is 2. The van der Waals surface area contributed by atoms with Gasteiger partial charge in [0, 0.05) is 18.2 Å². The highest BCUT2D eigenvalue weighted by atomic mass is 15.1. The fourth-order valence-corrected chi connectivity index (χ4v) is 1.17. The molecule has 84 valence electrons. The molecule has 0 saturated carbocycles. The average Bonchev–Trinajstić information content (AvgIpc) is 2.17. The van der Waals surface area contributed by atoms with Crippen LogP contribution in [0.5, 0.6) is 0 Å². The third-order valence-electron chi connectivity index (χ3n) is 2.11. The van der Waals surface area contributed by atoms with Crippen LogP contribution < -0.4 is 10.6 Å². The Morgan fingerprint density at radius 2 is 1.73 bits per heavy atom. The van der Waals surface area contributed by atoms with Crippen molar-refractivity contribution in [1.29, 1.82) is 0 Å². The predicted molar refractivity (Wildman–Crippen MR) is 64.2 cm³/mol. The summed E-state index contributed by atoms with van der Waals surface area (Å²) in [6.45, 7) is 8.46. The molecule has 1 rings (SSSR count). The molecule has 0 aliphatic rings. The van der Waals surface area contributed by atoms with Crippen molar-refractivity contribution in [1.82, 2.24) is 9.97 Å². The normalized spacial score (nSPS) is 12.6. The summed E-state index contributed by atoms with van der Waals surface area (Å²) in [5.41, 5.74) is 0. The number of anilines is 2. The molecule has 1 aromatic rings. The second-order valence-electron chi connectivity index (χ2n) is 4.04. The van der Waals surface area contributed by atoms with Crippen molar-refractivity contribution in [3.63, 3.8) is 0 Å². The minimum Gasteiger partial charge on any atom is -0.368 e. The van der Waals surface area contributed by atoms with Crippen LogP contribution in [0.4, 0.5) is 11.6 Å². The summed E-state index contributed by atoms with van der Waals surface area (Å²) < 4.78 is 0. The van der Waals surface area contributed by atoms with Crippen molar-refractivity contribution < 1.29 is 0 Å². The number of hydrogen-bond donors (Lipinski definition) is 2. The SMILES string of the molecule is CCC(C)Nc1cc(NC(C)C)ncn1. The third kappa shape index (κ3) is 4.14. The van der Waals surface area contributed by atoms with Crippen LogP contribution in [-0.2, 0) is 0 Å². The predicted octanol–water partition coefficient (Wildman–Crippen LogP) is 2.51. The van der Waals surface area contributed by atoms with Gasteiger partial charge in [-0.15, -0.1) is 0 Å². The van der Waals surface area contributed by atoms with E-state index in [0.717, 1.165) is 18.1 Å². The molecular formula is C11H20N4. The van der Waals surface area contributed by atoms with E-state index in [1.807, 2.05) is 6.07 Å². The van der Waals surface area contributed by atoms with Gasteiger partial charge >= 0.3 is 0 Å². The van der Waals surface area contributed by atoms with Crippen molar-refractivity contribution in [2.24, 2.45) is 0 Å². The van der Waals surface area contributed by atoms with Gasteiger partial charge in [0.15, 0.2) is 0 Å². The molecule has 2 N–H and O–H groups in total. The zero-order valence-corrected chi connectivity index (χ0v) is 9.91. The Labute approximate surface area is 91.5 Å². The van der Waals surface area contributed by atoms with Gasteiger partial charge in [0.25, 0.3) is 0 Å². The summed E-state index contributed by atoms with van der Waals surface area (Å²) in [5.74, 6) is 1.74. The molecule has 0 radical (unpaired) electrons. The molecule has 0 aliphatic carbocycles. The van der Waals surface area contributed by atoms with Crippen LogP contribution in [0.2, 0.25) is 0 Å². The average molecular weight is 208 g/mol. The Balaban J connectivity index is 2.65. The Morgan fingerprint density at radius 1 is 1.13 bits per heavy atom. The molecule has 1 atom stereocenters. The molecule has 15 heavy (non-hydrogen) atoms. The number of rotatable bonds is 5. The van der Waals surface area contributed by atoms with Crippen LogP contribution in [0.3, 0.4) is 0 Å². The first-order valence-corrected chi connectivity index (χ1v) is 5.47. The van der Waals surface area contributed by atoms with Gasteiger partial charge in [-0.25, -0.2) is 9.97 Å². The molecule has 0 spiro atoms. The molecule has 1 heterocycles. The van der Waals surface area contributed by atoms with E-state index in [-0.39, 0.29) is 0 Å². The number of nitrogens with one attached hydrogen (secondary N) is 2. The highest BCUT2D eigenvalue weighted by molar-refractivity contribution is 5.47. The smallest absolute Gasteiger partial charge is 0.131 e. The van der Waals surface area contributed by atoms with Crippen molar-refractivity contribution >= 4 is 11.6 Å². The molecule has 0 bridgehead atoms. The molecule has 4 nitrogen and oxygen atoms in total. The number of hydrogen-bond acceptors (Lipinski definition) is 4. The van der Waals surface area contributed by atoms with Gasteiger partial charge in [-0.3, -0.25) is 0 Å². The van der Waals surface area contributed by atoms with Gasteiger partial charge in [-0.05, 0) is 27.2 Å². The van der Waals surface area contributed by atoms with E-state index in [1.54, 1.807) is 6.33 Å². The van der Waals surface area contributed by atoms with Crippen molar-refractivity contribution in [2.75, 3.05) is 10.6 Å². The molecule has 4 heteroatoms. The molecular weight excluding hydrogens is 188 g/mol. The van der Waals surface area contributed by atoms with E-state index in [0.29, 0.717) is 12.1 Å². The first kappa shape index (κ1) is 11.8. The van der Waals surface area contributed by atoms with Gasteiger partial charge in [0.1, 0.15) is 18.0 Å². The first-order valence-electron chi connectivity index (χ1n) is 5.47. The van der Waals surface area contributed by atoms with Crippen molar-refractivity contribution in [2.45, 2.75) is 46.2 Å². The zero-order chi connectivity index (χ0) is 11.3. The summed E-state index contributed by atoms with van der Waals surface area (Å²) in [5, 5.41) is 6.56. The largest absolute Gasteiger partial charge is 0.368 e. The molecule has 1 aromatic heterocycles. The summed E-state index contributed by atoms with van der Waals surface area (Å²) in [6.07, 6.45) is 2.66. The van der Waals surface area contributed by atoms with Crippen LogP contribution in [0, 0.1) is 0 Å². The Morgan fingerprint density at radius 3 is 2.27 bits per heavy atom. The lowest BCUT2D eigenvalue weighted by molar-refractivity contribution is 0.758. The van der Waals surface area contributed by atoms with E-state index in [1.165, 1.54) is 0 Å². The lowest BCUT2D eigenvalue weighted by Crippen LogP contribution is -2.16. The summed E-state index contributed by atoms with van der Waals surface area (Å²) in [7, 11) is 0. The monoisotopic (exact) mass is 208 g/mol. The fraction of sp³-hybridized carbons (Fsp3) is 0.636. The maximum atomic E-state index is 4.17. The Bertz CT molecular complexity index is 298. The second-order valence-corrected chi connectivity index (χ2v) is 4.04. The topological polar surface area (TPSA) is 49.8 Å². The fourth-order valence-electron chi connectivity index (χ4n) is 1.17. The van der Waals surface area contributed by atoms with Crippen LogP contribution >= 0.6 is 0 Å². The van der Waals surface area contributed by atoms with Gasteiger partial charge in [0.05, 0.1) is 0 Å². The van der Waals surface area contributed by atoms with Gasteiger partial charge < -0.3 is 10.6 Å². The maximum absolute atomic E-state index is 4.17. The van der Waals surface area contributed by atoms with Crippen LogP contribution in [0.1, 0.15) is 34.1 Å². The lowest BCUT2D eigenvalue weighted by atomic mass is 10.2. The second kappa shape index (κ2) is 5.53. The zero-order valence-electron chi connectivity index (χ0n) is 9.91. The maximum Gasteiger partial charge on any atom is 0.131 e. The Kier molecular flexibility index (Phi) is 4.34. The highest BCUT2D eigenvalue weighted by Gasteiger charge is 2.02. The van der Waals surface area contributed by atoms with Crippen LogP contribution in [0.25, 0.3) is 0 Å². The first-order chi connectivity index (χ1) is 7.11. The molecule has 0 aliphatic heterocycles. The molecule has 0 saturated heterocycles. The Hall–Kier alpha value is -1.32. The molecule has 0 aromatic carbocycles. The molecule has 0 amide bonds. The van der Waals surface area contributed by atoms with Gasteiger partial charge in [-0.1, -0.05) is 6.92 Å². The van der Waals surface area contributed by atoms with E-state index >= 15 is 0 Å². The minimum absolute atomic E-state index is 0.386. The standard InChI is InChI=1S/C11H20N4/c1-5-9(4)15-11-6-10(12-7-13-11)14-8(2)3/h6-9H,5H2,1-4H3,(H2,12,13,14,15). The van der Waals surface area contributed by atoms with E-state index in [9.17, 15) is 0 Å². The summed E-state index contributed by atoms with van der Waals surface area (Å²) in [4.78, 5) is 8.32. The lowest BCUT2D eigenvalue weighted by Gasteiger charge is -2.13. The van der Waals surface area contributed by atoms with E-state index in [2.05, 4.69) is 48.3 Å². The third-order valence-corrected chi connectivity index (χ3v) is 2.11. The van der Waals surface area contributed by atoms with E-state index < -0.39 is 0 Å².